The predicted molar refractivity (Wildman–Crippen MR) is 94.3 cm³/mol. The van der Waals surface area contributed by atoms with Crippen LogP contribution in [-0.4, -0.2) is 16.2 Å². The molecule has 0 fully saturated rings. The van der Waals surface area contributed by atoms with Crippen LogP contribution >= 0.6 is 11.3 Å². The molecule has 0 unspecified atom stereocenters. The zero-order valence-corrected chi connectivity index (χ0v) is 13.3. The summed E-state index contributed by atoms with van der Waals surface area (Å²) in [6.45, 7) is 0. The molecule has 120 valence electrons. The number of aromatic nitrogens is 2. The lowest BCUT2D eigenvalue weighted by Gasteiger charge is -2.04. The van der Waals surface area contributed by atoms with E-state index in [-0.39, 0.29) is 5.82 Å². The fraction of sp³-hybridized carbons (Fsp3) is 0. The van der Waals surface area contributed by atoms with Gasteiger partial charge >= 0.3 is 6.03 Å². The van der Waals surface area contributed by atoms with E-state index in [2.05, 4.69) is 20.8 Å². The first-order valence-electron chi connectivity index (χ1n) is 7.09. The Kier molecular flexibility index (Phi) is 4.93. The van der Waals surface area contributed by atoms with Gasteiger partial charge in [0.2, 0.25) is 5.13 Å². The lowest BCUT2D eigenvalue weighted by Crippen LogP contribution is -2.19. The Labute approximate surface area is 141 Å². The maximum absolute atomic E-state index is 12.8. The molecule has 0 saturated heterocycles. The zero-order valence-electron chi connectivity index (χ0n) is 12.4. The molecule has 0 atom stereocenters. The largest absolute Gasteiger partial charge is 0.325 e. The minimum absolute atomic E-state index is 0.361. The summed E-state index contributed by atoms with van der Waals surface area (Å²) in [5.41, 5.74) is 1.54. The van der Waals surface area contributed by atoms with Crippen molar-refractivity contribution < 1.29 is 9.18 Å². The summed E-state index contributed by atoms with van der Waals surface area (Å²) < 4.78 is 12.8. The smallest absolute Gasteiger partial charge is 0.308 e. The third-order valence-electron chi connectivity index (χ3n) is 2.98. The first kappa shape index (κ1) is 15.8. The molecule has 0 aliphatic rings. The lowest BCUT2D eigenvalue weighted by molar-refractivity contribution is 0.262. The van der Waals surface area contributed by atoms with E-state index < -0.39 is 6.03 Å². The van der Waals surface area contributed by atoms with Gasteiger partial charge in [-0.25, -0.2) is 9.18 Å². The maximum Gasteiger partial charge on any atom is 0.325 e. The van der Waals surface area contributed by atoms with E-state index in [1.807, 2.05) is 42.5 Å². The van der Waals surface area contributed by atoms with Crippen LogP contribution in [0, 0.1) is 5.82 Å². The third kappa shape index (κ3) is 4.47. The van der Waals surface area contributed by atoms with Gasteiger partial charge in [-0.3, -0.25) is 5.32 Å². The highest BCUT2D eigenvalue weighted by Crippen LogP contribution is 2.18. The quantitative estimate of drug-likeness (QED) is 0.735. The molecule has 3 aromatic rings. The number of carbonyl (C=O) groups excluding carboxylic acids is 1. The third-order valence-corrected chi connectivity index (χ3v) is 3.79. The van der Waals surface area contributed by atoms with Crippen LogP contribution in [0.3, 0.4) is 0 Å². The maximum atomic E-state index is 12.8. The molecule has 7 heteroatoms. The normalized spacial score (nSPS) is 10.7. The molecule has 3 rings (SSSR count). The van der Waals surface area contributed by atoms with Gasteiger partial charge in [-0.1, -0.05) is 47.7 Å². The van der Waals surface area contributed by atoms with Crippen molar-refractivity contribution in [2.24, 2.45) is 0 Å². The molecule has 0 spiro atoms. The Morgan fingerprint density at radius 2 is 1.71 bits per heavy atom. The van der Waals surface area contributed by atoms with Crippen LogP contribution < -0.4 is 10.6 Å². The fourth-order valence-electron chi connectivity index (χ4n) is 1.88. The van der Waals surface area contributed by atoms with Crippen molar-refractivity contribution in [3.63, 3.8) is 0 Å². The number of hydrogen-bond donors (Lipinski definition) is 2. The first-order valence-corrected chi connectivity index (χ1v) is 7.91. The molecule has 2 N–H and O–H groups in total. The minimum Gasteiger partial charge on any atom is -0.308 e. The van der Waals surface area contributed by atoms with Gasteiger partial charge < -0.3 is 5.32 Å². The van der Waals surface area contributed by atoms with Crippen LogP contribution in [0.15, 0.2) is 54.6 Å². The summed E-state index contributed by atoms with van der Waals surface area (Å²) in [4.78, 5) is 11.9. The molecule has 0 radical (unpaired) electrons. The molecule has 5 nitrogen and oxygen atoms in total. The van der Waals surface area contributed by atoms with Gasteiger partial charge in [-0.2, -0.15) is 0 Å². The zero-order chi connectivity index (χ0) is 16.8. The van der Waals surface area contributed by atoms with Crippen LogP contribution in [0.4, 0.5) is 20.0 Å². The summed E-state index contributed by atoms with van der Waals surface area (Å²) in [6.07, 6.45) is 3.75. The number of anilines is 2. The van der Waals surface area contributed by atoms with Gasteiger partial charge in [-0.05, 0) is 35.9 Å². The molecule has 2 aromatic carbocycles. The average Bonchev–Trinajstić information content (AvgIpc) is 3.03. The second-order valence-corrected chi connectivity index (χ2v) is 5.78. The van der Waals surface area contributed by atoms with E-state index in [0.29, 0.717) is 15.8 Å². The Hall–Kier alpha value is -3.06. The molecule has 0 bridgehead atoms. The van der Waals surface area contributed by atoms with Crippen LogP contribution in [0.5, 0.6) is 0 Å². The van der Waals surface area contributed by atoms with Gasteiger partial charge in [0.15, 0.2) is 0 Å². The van der Waals surface area contributed by atoms with Crippen molar-refractivity contribution in [3.05, 3.63) is 71.0 Å². The van der Waals surface area contributed by atoms with E-state index in [9.17, 15) is 9.18 Å². The van der Waals surface area contributed by atoms with Gasteiger partial charge in [-0.15, -0.1) is 10.2 Å². The standard InChI is InChI=1S/C17H13FN4OS/c18-13-7-9-14(10-8-13)19-16(23)20-17-22-21-15(24-17)11-6-12-4-2-1-3-5-12/h1-11H,(H2,19,20,22,23). The van der Waals surface area contributed by atoms with Crippen LogP contribution in [-0.2, 0) is 0 Å². The number of nitrogens with zero attached hydrogens (tertiary/aromatic N) is 2. The van der Waals surface area contributed by atoms with Crippen molar-refractivity contribution in [2.45, 2.75) is 0 Å². The Balaban J connectivity index is 1.58. The topological polar surface area (TPSA) is 66.9 Å². The van der Waals surface area contributed by atoms with Gasteiger partial charge in [0, 0.05) is 5.69 Å². The SMILES string of the molecule is O=C(Nc1ccc(F)cc1)Nc1nnc(C=Cc2ccccc2)s1. The summed E-state index contributed by atoms with van der Waals surface area (Å²) >= 11 is 1.25. The van der Waals surface area contributed by atoms with Crippen LogP contribution in [0.2, 0.25) is 0 Å². The number of benzene rings is 2. The number of hydrogen-bond acceptors (Lipinski definition) is 4. The average molecular weight is 340 g/mol. The Bertz CT molecular complexity index is 847. The highest BCUT2D eigenvalue weighted by molar-refractivity contribution is 7.16. The second-order valence-electron chi connectivity index (χ2n) is 4.78. The second kappa shape index (κ2) is 7.47. The molecular weight excluding hydrogens is 327 g/mol. The summed E-state index contributed by atoms with van der Waals surface area (Å²) in [5, 5.41) is 14.1. The lowest BCUT2D eigenvalue weighted by atomic mass is 10.2. The summed E-state index contributed by atoms with van der Waals surface area (Å²) in [5.74, 6) is -0.361. The van der Waals surface area contributed by atoms with Crippen molar-refractivity contribution >= 4 is 40.3 Å². The van der Waals surface area contributed by atoms with Gasteiger partial charge in [0.25, 0.3) is 0 Å². The minimum atomic E-state index is -0.462. The van der Waals surface area contributed by atoms with Gasteiger partial charge in [0.05, 0.1) is 0 Å². The molecule has 0 aliphatic heterocycles. The van der Waals surface area contributed by atoms with E-state index >= 15 is 0 Å². The Morgan fingerprint density at radius 3 is 2.46 bits per heavy atom. The monoisotopic (exact) mass is 340 g/mol. The van der Waals surface area contributed by atoms with Crippen molar-refractivity contribution in [3.8, 4) is 0 Å². The molecule has 24 heavy (non-hydrogen) atoms. The summed E-state index contributed by atoms with van der Waals surface area (Å²) in [6, 6.07) is 14.8. The van der Waals surface area contributed by atoms with E-state index in [1.54, 1.807) is 0 Å². The number of urea groups is 1. The number of amides is 2. The van der Waals surface area contributed by atoms with Crippen LogP contribution in [0.25, 0.3) is 12.2 Å². The molecule has 0 saturated carbocycles. The van der Waals surface area contributed by atoms with Crippen molar-refractivity contribution in [1.29, 1.82) is 0 Å². The molecular formula is C17H13FN4OS. The van der Waals surface area contributed by atoms with E-state index in [0.717, 1.165) is 5.56 Å². The van der Waals surface area contributed by atoms with Crippen LogP contribution in [0.1, 0.15) is 10.6 Å². The van der Waals surface area contributed by atoms with Gasteiger partial charge in [0.1, 0.15) is 10.8 Å². The molecule has 1 heterocycles. The number of nitrogens with one attached hydrogen (secondary N) is 2. The highest BCUT2D eigenvalue weighted by atomic mass is 32.1. The van der Waals surface area contributed by atoms with Crippen molar-refractivity contribution in [2.75, 3.05) is 10.6 Å². The first-order chi connectivity index (χ1) is 11.7. The summed E-state index contributed by atoms with van der Waals surface area (Å²) in [7, 11) is 0. The van der Waals surface area contributed by atoms with E-state index in [4.69, 9.17) is 0 Å². The Morgan fingerprint density at radius 1 is 0.958 bits per heavy atom. The number of carbonyl (C=O) groups is 1. The molecule has 1 aromatic heterocycles. The molecule has 0 aliphatic carbocycles. The molecule has 2 amide bonds. The van der Waals surface area contributed by atoms with Crippen molar-refractivity contribution in [1.82, 2.24) is 10.2 Å². The fourth-order valence-corrected chi connectivity index (χ4v) is 2.52. The highest BCUT2D eigenvalue weighted by Gasteiger charge is 2.07. The number of halogens is 1. The van der Waals surface area contributed by atoms with E-state index in [1.165, 1.54) is 35.6 Å². The number of rotatable bonds is 4. The predicted octanol–water partition coefficient (Wildman–Crippen LogP) is 4.49.